The number of piperidine rings is 1. The molecular weight excluding hydrogens is 382 g/mol. The van der Waals surface area contributed by atoms with Crippen LogP contribution in [-0.4, -0.2) is 24.2 Å². The van der Waals surface area contributed by atoms with Gasteiger partial charge in [-0.15, -0.1) is 0 Å². The largest absolute Gasteiger partial charge is 0.478 e. The molecule has 0 radical (unpaired) electrons. The zero-order chi connectivity index (χ0) is 20.2. The summed E-state index contributed by atoms with van der Waals surface area (Å²) in [6.07, 6.45) is 3.34. The van der Waals surface area contributed by atoms with Crippen molar-refractivity contribution >= 4 is 23.3 Å². The minimum absolute atomic E-state index is 0.336. The second-order valence-corrected chi connectivity index (χ2v) is 8.09. The molecule has 0 amide bonds. The van der Waals surface area contributed by atoms with E-state index in [2.05, 4.69) is 41.3 Å². The fourth-order valence-corrected chi connectivity index (χ4v) is 4.26. The summed E-state index contributed by atoms with van der Waals surface area (Å²) in [5.41, 5.74) is 5.33. The van der Waals surface area contributed by atoms with E-state index in [1.54, 1.807) is 12.1 Å². The van der Waals surface area contributed by atoms with Gasteiger partial charge in [0.1, 0.15) is 0 Å². The van der Waals surface area contributed by atoms with Crippen molar-refractivity contribution in [1.29, 1.82) is 0 Å². The molecule has 1 aliphatic heterocycles. The van der Waals surface area contributed by atoms with Gasteiger partial charge >= 0.3 is 5.97 Å². The van der Waals surface area contributed by atoms with E-state index in [-0.39, 0.29) is 0 Å². The van der Waals surface area contributed by atoms with Gasteiger partial charge in [0.2, 0.25) is 0 Å². The number of hydrogen-bond acceptors (Lipinski definition) is 2. The maximum atomic E-state index is 11.0. The van der Waals surface area contributed by atoms with Crippen molar-refractivity contribution in [3.8, 4) is 11.1 Å². The Labute approximate surface area is 176 Å². The molecule has 0 atom stereocenters. The van der Waals surface area contributed by atoms with Gasteiger partial charge in [0.15, 0.2) is 0 Å². The van der Waals surface area contributed by atoms with Crippen molar-refractivity contribution in [2.45, 2.75) is 19.3 Å². The molecular formula is C25H24ClNO2. The van der Waals surface area contributed by atoms with Gasteiger partial charge in [-0.25, -0.2) is 4.79 Å². The van der Waals surface area contributed by atoms with Crippen LogP contribution in [-0.2, 0) is 6.42 Å². The van der Waals surface area contributed by atoms with Crippen LogP contribution in [0.25, 0.3) is 11.1 Å². The lowest BCUT2D eigenvalue weighted by atomic mass is 9.87. The summed E-state index contributed by atoms with van der Waals surface area (Å²) in [6, 6.07) is 23.9. The number of rotatable bonds is 5. The van der Waals surface area contributed by atoms with Gasteiger partial charge in [-0.05, 0) is 78.3 Å². The molecule has 3 nitrogen and oxygen atoms in total. The molecule has 0 aliphatic carbocycles. The molecule has 29 heavy (non-hydrogen) atoms. The Morgan fingerprint density at radius 3 is 2.24 bits per heavy atom. The maximum absolute atomic E-state index is 11.0. The Hall–Kier alpha value is -2.78. The normalized spacial score (nSPS) is 14.7. The summed E-state index contributed by atoms with van der Waals surface area (Å²) >= 11 is 6.05. The number of nitrogens with zero attached hydrogens (tertiary/aromatic N) is 1. The van der Waals surface area contributed by atoms with Crippen LogP contribution in [0.15, 0.2) is 72.8 Å². The average molecular weight is 406 g/mol. The van der Waals surface area contributed by atoms with Crippen molar-refractivity contribution in [2.24, 2.45) is 5.92 Å². The van der Waals surface area contributed by atoms with E-state index in [1.165, 1.54) is 16.7 Å². The minimum Gasteiger partial charge on any atom is -0.478 e. The van der Waals surface area contributed by atoms with Crippen LogP contribution < -0.4 is 4.90 Å². The number of carboxylic acid groups (broad SMARTS) is 1. The van der Waals surface area contributed by atoms with Crippen molar-refractivity contribution < 1.29 is 9.90 Å². The zero-order valence-electron chi connectivity index (χ0n) is 16.2. The Balaban J connectivity index is 1.41. The first-order valence-electron chi connectivity index (χ1n) is 10.0. The molecule has 0 unspecified atom stereocenters. The van der Waals surface area contributed by atoms with Crippen LogP contribution in [0.5, 0.6) is 0 Å². The summed E-state index contributed by atoms with van der Waals surface area (Å²) in [5.74, 6) is -0.229. The third kappa shape index (κ3) is 4.63. The molecule has 0 saturated carbocycles. The lowest BCUT2D eigenvalue weighted by Gasteiger charge is -2.34. The third-order valence-corrected chi connectivity index (χ3v) is 6.03. The van der Waals surface area contributed by atoms with Crippen LogP contribution in [0.4, 0.5) is 5.69 Å². The first-order valence-corrected chi connectivity index (χ1v) is 10.4. The van der Waals surface area contributed by atoms with E-state index in [9.17, 15) is 4.79 Å². The highest BCUT2D eigenvalue weighted by molar-refractivity contribution is 6.30. The molecule has 1 saturated heterocycles. The summed E-state index contributed by atoms with van der Waals surface area (Å²) in [6.45, 7) is 2.00. The quantitative estimate of drug-likeness (QED) is 0.552. The molecule has 148 valence electrons. The lowest BCUT2D eigenvalue weighted by molar-refractivity contribution is 0.0697. The van der Waals surface area contributed by atoms with Gasteiger partial charge in [0.05, 0.1) is 5.56 Å². The smallest absolute Gasteiger partial charge is 0.335 e. The van der Waals surface area contributed by atoms with E-state index in [0.29, 0.717) is 11.5 Å². The highest BCUT2D eigenvalue weighted by Crippen LogP contribution is 2.31. The molecule has 1 N–H and O–H groups in total. The number of hydrogen-bond donors (Lipinski definition) is 1. The first-order chi connectivity index (χ1) is 14.1. The van der Waals surface area contributed by atoms with Crippen molar-refractivity contribution in [3.05, 3.63) is 88.9 Å². The molecule has 1 heterocycles. The second-order valence-electron chi connectivity index (χ2n) is 7.65. The Morgan fingerprint density at radius 2 is 1.59 bits per heavy atom. The molecule has 3 aromatic carbocycles. The van der Waals surface area contributed by atoms with Crippen LogP contribution >= 0.6 is 11.6 Å². The number of aromatic carboxylic acids is 1. The topological polar surface area (TPSA) is 40.5 Å². The molecule has 4 rings (SSSR count). The summed E-state index contributed by atoms with van der Waals surface area (Å²) in [7, 11) is 0. The van der Waals surface area contributed by atoms with Gasteiger partial charge < -0.3 is 10.0 Å². The number of halogens is 1. The maximum Gasteiger partial charge on any atom is 0.335 e. The molecule has 4 heteroatoms. The highest BCUT2D eigenvalue weighted by Gasteiger charge is 2.21. The molecule has 0 spiro atoms. The Bertz CT molecular complexity index is 974. The Morgan fingerprint density at radius 1 is 0.931 bits per heavy atom. The molecule has 1 aliphatic rings. The fraction of sp³-hybridized carbons (Fsp3) is 0.240. The predicted octanol–water partition coefficient (Wildman–Crippen LogP) is 6.16. The fourth-order valence-electron chi connectivity index (χ4n) is 4.13. The number of carbonyl (C=O) groups is 1. The monoisotopic (exact) mass is 405 g/mol. The standard InChI is InChI=1S/C25H24ClNO2/c26-22-9-5-19(6-10-22)24-4-2-1-3-21(24)17-18-13-15-27(16-14-18)23-11-7-20(8-12-23)25(28)29/h1-12,18H,13-17H2,(H,28,29). The molecule has 0 aromatic heterocycles. The van der Waals surface area contributed by atoms with E-state index < -0.39 is 5.97 Å². The van der Waals surface area contributed by atoms with Crippen LogP contribution in [0, 0.1) is 5.92 Å². The van der Waals surface area contributed by atoms with Crippen LogP contribution in [0.2, 0.25) is 5.02 Å². The van der Waals surface area contributed by atoms with E-state index in [4.69, 9.17) is 16.7 Å². The van der Waals surface area contributed by atoms with Gasteiger partial charge in [0, 0.05) is 23.8 Å². The summed E-state index contributed by atoms with van der Waals surface area (Å²) < 4.78 is 0. The van der Waals surface area contributed by atoms with E-state index in [0.717, 1.165) is 43.1 Å². The van der Waals surface area contributed by atoms with Crippen molar-refractivity contribution in [3.63, 3.8) is 0 Å². The lowest BCUT2D eigenvalue weighted by Crippen LogP contribution is -2.34. The average Bonchev–Trinajstić information content (AvgIpc) is 2.75. The highest BCUT2D eigenvalue weighted by atomic mass is 35.5. The SMILES string of the molecule is O=C(O)c1ccc(N2CCC(Cc3ccccc3-c3ccc(Cl)cc3)CC2)cc1. The van der Waals surface area contributed by atoms with Crippen LogP contribution in [0.1, 0.15) is 28.8 Å². The van der Waals surface area contributed by atoms with Gasteiger partial charge in [0.25, 0.3) is 0 Å². The van der Waals surface area contributed by atoms with E-state index >= 15 is 0 Å². The third-order valence-electron chi connectivity index (χ3n) is 5.78. The summed E-state index contributed by atoms with van der Waals surface area (Å²) in [5, 5.41) is 9.82. The molecule has 0 bridgehead atoms. The first kappa shape index (κ1) is 19.5. The molecule has 1 fully saturated rings. The number of anilines is 1. The van der Waals surface area contributed by atoms with Crippen LogP contribution in [0.3, 0.4) is 0 Å². The van der Waals surface area contributed by atoms with Gasteiger partial charge in [-0.2, -0.15) is 0 Å². The predicted molar refractivity (Wildman–Crippen MR) is 119 cm³/mol. The number of carboxylic acids is 1. The minimum atomic E-state index is -0.880. The van der Waals surface area contributed by atoms with Gasteiger partial charge in [-0.1, -0.05) is 48.0 Å². The summed E-state index contributed by atoms with van der Waals surface area (Å²) in [4.78, 5) is 13.4. The number of benzene rings is 3. The van der Waals surface area contributed by atoms with Gasteiger partial charge in [-0.3, -0.25) is 0 Å². The molecule has 3 aromatic rings. The van der Waals surface area contributed by atoms with Crippen molar-refractivity contribution in [1.82, 2.24) is 0 Å². The zero-order valence-corrected chi connectivity index (χ0v) is 17.0. The van der Waals surface area contributed by atoms with E-state index in [1.807, 2.05) is 24.3 Å². The van der Waals surface area contributed by atoms with Crippen molar-refractivity contribution in [2.75, 3.05) is 18.0 Å². The second kappa shape index (κ2) is 8.71. The Kier molecular flexibility index (Phi) is 5.86.